The molecule has 1 aliphatic heterocycles. The van der Waals surface area contributed by atoms with E-state index in [0.29, 0.717) is 5.92 Å². The summed E-state index contributed by atoms with van der Waals surface area (Å²) in [6.45, 7) is 1.53. The van der Waals surface area contributed by atoms with Gasteiger partial charge >= 0.3 is 5.97 Å². The predicted molar refractivity (Wildman–Crippen MR) is 99.4 cm³/mol. The van der Waals surface area contributed by atoms with Gasteiger partial charge in [-0.05, 0) is 55.4 Å². The lowest BCUT2D eigenvalue weighted by molar-refractivity contribution is -0.157. The minimum atomic E-state index is -0.804. The van der Waals surface area contributed by atoms with Gasteiger partial charge in [0, 0.05) is 13.1 Å². The quantitative estimate of drug-likeness (QED) is 0.844. The highest BCUT2D eigenvalue weighted by Crippen LogP contribution is 2.46. The number of benzene rings is 1. The molecule has 4 nitrogen and oxygen atoms in total. The van der Waals surface area contributed by atoms with E-state index in [1.807, 2.05) is 17.0 Å². The van der Waals surface area contributed by atoms with E-state index in [1.54, 1.807) is 0 Å². The summed E-state index contributed by atoms with van der Waals surface area (Å²) in [5, 5.41) is 9.68. The number of allylic oxidation sites excluding steroid dienone is 2. The Morgan fingerprint density at radius 3 is 2.12 bits per heavy atom. The van der Waals surface area contributed by atoms with E-state index in [1.165, 1.54) is 5.56 Å². The standard InChI is InChI=1S/C22H27NO3/c24-21(19-17-6-8-18(9-7-17)20(19)22(25)26)23-12-10-16(11-13-23)14-15-4-2-1-3-5-15/h1-6,8,16-20H,7,9-14H2,(H,25,26)/t17-,18-,19-,20-/m0/s1. The van der Waals surface area contributed by atoms with Gasteiger partial charge in [0.25, 0.3) is 0 Å². The SMILES string of the molecule is O=C(O)[C@@H]1[C@@H](C(=O)N2CCC(Cc3ccccc3)CC2)[C@H]2C=C[C@H]1CC2. The molecule has 4 atom stereocenters. The highest BCUT2D eigenvalue weighted by atomic mass is 16.4. The third kappa shape index (κ3) is 3.29. The summed E-state index contributed by atoms with van der Waals surface area (Å²) in [7, 11) is 0. The van der Waals surface area contributed by atoms with Gasteiger partial charge in [-0.25, -0.2) is 0 Å². The molecule has 5 rings (SSSR count). The van der Waals surface area contributed by atoms with Crippen LogP contribution >= 0.6 is 0 Å². The molecular weight excluding hydrogens is 326 g/mol. The Balaban J connectivity index is 1.39. The number of carboxylic acids is 1. The van der Waals surface area contributed by atoms with E-state index < -0.39 is 11.9 Å². The Hall–Kier alpha value is -2.10. The zero-order valence-corrected chi connectivity index (χ0v) is 15.1. The molecule has 1 N–H and O–H groups in total. The molecule has 1 amide bonds. The van der Waals surface area contributed by atoms with Gasteiger partial charge in [0.2, 0.25) is 5.91 Å². The van der Waals surface area contributed by atoms with Crippen molar-refractivity contribution in [2.24, 2.45) is 29.6 Å². The summed E-state index contributed by atoms with van der Waals surface area (Å²) in [5.74, 6) is -0.872. The van der Waals surface area contributed by atoms with Gasteiger partial charge in [-0.3, -0.25) is 9.59 Å². The van der Waals surface area contributed by atoms with Gasteiger partial charge in [-0.15, -0.1) is 0 Å². The third-order valence-corrected chi connectivity index (χ3v) is 6.61. The summed E-state index contributed by atoms with van der Waals surface area (Å²) in [6, 6.07) is 10.5. The number of fused-ring (bicyclic) bond motifs is 2. The Labute approximate surface area is 154 Å². The fourth-order valence-electron chi connectivity index (χ4n) is 5.18. The number of rotatable bonds is 4. The smallest absolute Gasteiger partial charge is 0.307 e. The second-order valence-corrected chi connectivity index (χ2v) is 8.14. The summed E-state index contributed by atoms with van der Waals surface area (Å²) < 4.78 is 0. The maximum atomic E-state index is 13.2. The average molecular weight is 353 g/mol. The first kappa shape index (κ1) is 17.3. The molecular formula is C22H27NO3. The molecule has 1 saturated carbocycles. The first-order chi connectivity index (χ1) is 12.6. The number of hydrogen-bond donors (Lipinski definition) is 1. The predicted octanol–water partition coefficient (Wildman–Crippen LogP) is 3.38. The molecule has 0 unspecified atom stereocenters. The van der Waals surface area contributed by atoms with E-state index in [4.69, 9.17) is 0 Å². The van der Waals surface area contributed by atoms with Crippen LogP contribution in [0.5, 0.6) is 0 Å². The van der Waals surface area contributed by atoms with E-state index in [2.05, 4.69) is 30.3 Å². The molecule has 26 heavy (non-hydrogen) atoms. The van der Waals surface area contributed by atoms with Crippen molar-refractivity contribution >= 4 is 11.9 Å². The van der Waals surface area contributed by atoms with Gasteiger partial charge in [0.05, 0.1) is 11.8 Å². The monoisotopic (exact) mass is 353 g/mol. The second kappa shape index (κ2) is 7.26. The van der Waals surface area contributed by atoms with Crippen molar-refractivity contribution in [1.82, 2.24) is 4.90 Å². The van der Waals surface area contributed by atoms with Crippen molar-refractivity contribution in [2.75, 3.05) is 13.1 Å². The summed E-state index contributed by atoms with van der Waals surface area (Å²) in [6.07, 6.45) is 9.07. The highest BCUT2D eigenvalue weighted by molar-refractivity contribution is 5.86. The summed E-state index contributed by atoms with van der Waals surface area (Å²) >= 11 is 0. The Kier molecular flexibility index (Phi) is 4.84. The minimum absolute atomic E-state index is 0.0297. The van der Waals surface area contributed by atoms with Gasteiger partial charge < -0.3 is 10.0 Å². The Morgan fingerprint density at radius 2 is 1.54 bits per heavy atom. The normalized spacial score (nSPS) is 31.2. The number of carboxylic acid groups (broad SMARTS) is 1. The van der Waals surface area contributed by atoms with Gasteiger partial charge in [0.1, 0.15) is 0 Å². The van der Waals surface area contributed by atoms with Crippen molar-refractivity contribution in [3.63, 3.8) is 0 Å². The van der Waals surface area contributed by atoms with Crippen LogP contribution in [0.25, 0.3) is 0 Å². The largest absolute Gasteiger partial charge is 0.481 e. The topological polar surface area (TPSA) is 57.6 Å². The molecule has 1 heterocycles. The lowest BCUT2D eigenvalue weighted by Crippen LogP contribution is -2.51. The number of piperidine rings is 1. The zero-order chi connectivity index (χ0) is 18.1. The lowest BCUT2D eigenvalue weighted by Gasteiger charge is -2.44. The van der Waals surface area contributed by atoms with E-state index in [-0.39, 0.29) is 23.7 Å². The van der Waals surface area contributed by atoms with Crippen LogP contribution in [0, 0.1) is 29.6 Å². The number of carbonyl (C=O) groups excluding carboxylic acids is 1. The maximum absolute atomic E-state index is 13.2. The Bertz CT molecular complexity index is 691. The fourth-order valence-corrected chi connectivity index (χ4v) is 5.18. The third-order valence-electron chi connectivity index (χ3n) is 6.61. The van der Waals surface area contributed by atoms with Crippen LogP contribution in [0.4, 0.5) is 0 Å². The molecule has 2 fully saturated rings. The number of likely N-dealkylation sites (tertiary alicyclic amines) is 1. The van der Waals surface area contributed by atoms with Crippen LogP contribution in [0.3, 0.4) is 0 Å². The molecule has 1 aromatic carbocycles. The van der Waals surface area contributed by atoms with Gasteiger partial charge in [-0.2, -0.15) is 0 Å². The van der Waals surface area contributed by atoms with E-state index in [0.717, 1.165) is 45.2 Å². The summed E-state index contributed by atoms with van der Waals surface area (Å²) in [5.41, 5.74) is 1.36. The van der Waals surface area contributed by atoms with Crippen LogP contribution in [0.15, 0.2) is 42.5 Å². The van der Waals surface area contributed by atoms with Crippen LogP contribution in [0.2, 0.25) is 0 Å². The lowest BCUT2D eigenvalue weighted by atomic mass is 9.61. The van der Waals surface area contributed by atoms with Gasteiger partial charge in [0.15, 0.2) is 0 Å². The highest BCUT2D eigenvalue weighted by Gasteiger charge is 2.49. The van der Waals surface area contributed by atoms with Crippen LogP contribution in [-0.2, 0) is 16.0 Å². The van der Waals surface area contributed by atoms with Crippen molar-refractivity contribution in [3.05, 3.63) is 48.0 Å². The van der Waals surface area contributed by atoms with Crippen molar-refractivity contribution in [3.8, 4) is 0 Å². The van der Waals surface area contributed by atoms with Crippen LogP contribution in [-0.4, -0.2) is 35.0 Å². The number of aliphatic carboxylic acids is 1. The number of carbonyl (C=O) groups is 2. The number of nitrogens with zero attached hydrogens (tertiary/aromatic N) is 1. The molecule has 138 valence electrons. The molecule has 4 heteroatoms. The van der Waals surface area contributed by atoms with Crippen LogP contribution < -0.4 is 0 Å². The van der Waals surface area contributed by atoms with Crippen molar-refractivity contribution in [1.29, 1.82) is 0 Å². The first-order valence-corrected chi connectivity index (χ1v) is 9.87. The molecule has 4 aliphatic rings. The van der Waals surface area contributed by atoms with E-state index >= 15 is 0 Å². The van der Waals surface area contributed by atoms with Gasteiger partial charge in [-0.1, -0.05) is 42.5 Å². The molecule has 3 aliphatic carbocycles. The fraction of sp³-hybridized carbons (Fsp3) is 0.545. The zero-order valence-electron chi connectivity index (χ0n) is 15.1. The van der Waals surface area contributed by atoms with Crippen molar-refractivity contribution in [2.45, 2.75) is 32.1 Å². The molecule has 0 aromatic heterocycles. The second-order valence-electron chi connectivity index (χ2n) is 8.14. The molecule has 0 spiro atoms. The average Bonchev–Trinajstić information content (AvgIpc) is 2.69. The van der Waals surface area contributed by atoms with Crippen molar-refractivity contribution < 1.29 is 14.7 Å². The summed E-state index contributed by atoms with van der Waals surface area (Å²) in [4.78, 5) is 26.9. The number of hydrogen-bond acceptors (Lipinski definition) is 2. The molecule has 1 aromatic rings. The molecule has 0 radical (unpaired) electrons. The number of amides is 1. The molecule has 1 saturated heterocycles. The Morgan fingerprint density at radius 1 is 0.923 bits per heavy atom. The first-order valence-electron chi connectivity index (χ1n) is 9.87. The maximum Gasteiger partial charge on any atom is 0.307 e. The van der Waals surface area contributed by atoms with E-state index in [9.17, 15) is 14.7 Å². The minimum Gasteiger partial charge on any atom is -0.481 e. The molecule has 2 bridgehead atoms. The van der Waals surface area contributed by atoms with Crippen LogP contribution in [0.1, 0.15) is 31.2 Å².